The highest BCUT2D eigenvalue weighted by molar-refractivity contribution is 8.93. The van der Waals surface area contributed by atoms with Crippen LogP contribution in [0.1, 0.15) is 52.2 Å². The van der Waals surface area contributed by atoms with Gasteiger partial charge < -0.3 is 4.57 Å². The zero-order chi connectivity index (χ0) is 15.5. The predicted molar refractivity (Wildman–Crippen MR) is 99.9 cm³/mol. The monoisotopic (exact) mass is 394 g/mol. The van der Waals surface area contributed by atoms with Crippen molar-refractivity contribution in [1.29, 1.82) is 5.41 Å². The van der Waals surface area contributed by atoms with E-state index in [9.17, 15) is 4.79 Å². The molecule has 3 nitrogen and oxygen atoms in total. The molecule has 23 heavy (non-hydrogen) atoms. The van der Waals surface area contributed by atoms with Crippen LogP contribution < -0.4 is 4.80 Å². The van der Waals surface area contributed by atoms with Crippen molar-refractivity contribution in [2.24, 2.45) is 0 Å². The van der Waals surface area contributed by atoms with E-state index in [0.717, 1.165) is 24.0 Å². The van der Waals surface area contributed by atoms with Crippen LogP contribution in [0.25, 0.3) is 0 Å². The Kier molecular flexibility index (Phi) is 6.36. The number of aromatic nitrogens is 1. The number of ketones is 1. The van der Waals surface area contributed by atoms with Crippen LogP contribution in [0.2, 0.25) is 0 Å². The van der Waals surface area contributed by atoms with E-state index >= 15 is 0 Å². The Bertz CT molecular complexity index is 730. The number of carbonyl (C=O) groups excluding carboxylic acids is 1. The summed E-state index contributed by atoms with van der Waals surface area (Å²) in [5, 5.41) is 8.23. The van der Waals surface area contributed by atoms with Gasteiger partial charge in [-0.15, -0.1) is 28.3 Å². The van der Waals surface area contributed by atoms with Crippen molar-refractivity contribution in [2.45, 2.75) is 52.0 Å². The lowest BCUT2D eigenvalue weighted by atomic mass is 10.0. The third-order valence-electron chi connectivity index (χ3n) is 4.36. The van der Waals surface area contributed by atoms with E-state index in [1.807, 2.05) is 35.8 Å². The Morgan fingerprint density at radius 3 is 2.48 bits per heavy atom. The van der Waals surface area contributed by atoms with Gasteiger partial charge in [-0.05, 0) is 32.6 Å². The van der Waals surface area contributed by atoms with E-state index in [1.165, 1.54) is 36.3 Å². The van der Waals surface area contributed by atoms with Gasteiger partial charge in [0.05, 0.1) is 6.54 Å². The molecule has 0 spiro atoms. The van der Waals surface area contributed by atoms with Gasteiger partial charge in [-0.2, -0.15) is 0 Å². The van der Waals surface area contributed by atoms with Crippen molar-refractivity contribution < 1.29 is 4.79 Å². The van der Waals surface area contributed by atoms with Gasteiger partial charge in [0.15, 0.2) is 10.6 Å². The first kappa shape index (κ1) is 18.1. The molecule has 0 bridgehead atoms. The molecule has 0 fully saturated rings. The van der Waals surface area contributed by atoms with Crippen molar-refractivity contribution in [2.75, 3.05) is 0 Å². The lowest BCUT2D eigenvalue weighted by molar-refractivity contribution is 0.0969. The van der Waals surface area contributed by atoms with Gasteiger partial charge in [0, 0.05) is 16.1 Å². The maximum atomic E-state index is 12.5. The van der Waals surface area contributed by atoms with Crippen LogP contribution in [0.5, 0.6) is 0 Å². The number of thiazole rings is 1. The summed E-state index contributed by atoms with van der Waals surface area (Å²) in [5.74, 6) is 0.0983. The minimum Gasteiger partial charge on any atom is -0.313 e. The lowest BCUT2D eigenvalue weighted by Gasteiger charge is -2.13. The number of halogens is 1. The summed E-state index contributed by atoms with van der Waals surface area (Å²) in [4.78, 5) is 14.4. The highest BCUT2D eigenvalue weighted by Gasteiger charge is 2.17. The molecule has 1 aromatic carbocycles. The van der Waals surface area contributed by atoms with Gasteiger partial charge >= 0.3 is 0 Å². The van der Waals surface area contributed by atoms with Crippen LogP contribution in [0, 0.1) is 12.3 Å². The predicted octanol–water partition coefficient (Wildman–Crippen LogP) is 4.46. The molecule has 0 amide bonds. The van der Waals surface area contributed by atoms with Crippen LogP contribution in [-0.4, -0.2) is 10.4 Å². The summed E-state index contributed by atoms with van der Waals surface area (Å²) in [6.45, 7) is 2.32. The maximum absolute atomic E-state index is 12.5. The van der Waals surface area contributed by atoms with Crippen LogP contribution in [0.15, 0.2) is 24.3 Å². The summed E-state index contributed by atoms with van der Waals surface area (Å²) in [7, 11) is 0. The first-order valence-electron chi connectivity index (χ1n) is 8.01. The van der Waals surface area contributed by atoms with E-state index in [1.54, 1.807) is 11.3 Å². The molecule has 0 unspecified atom stereocenters. The molecule has 3 rings (SSSR count). The molecule has 5 heteroatoms. The summed E-state index contributed by atoms with van der Waals surface area (Å²) >= 11 is 1.56. The van der Waals surface area contributed by atoms with Gasteiger partial charge in [0.25, 0.3) is 0 Å². The Morgan fingerprint density at radius 1 is 1.13 bits per heavy atom. The topological polar surface area (TPSA) is 45.9 Å². The summed E-state index contributed by atoms with van der Waals surface area (Å²) in [5.41, 5.74) is 3.13. The molecular weight excluding hydrogens is 372 g/mol. The molecule has 0 radical (unpaired) electrons. The second-order valence-corrected chi connectivity index (χ2v) is 7.15. The molecule has 1 heterocycles. The van der Waals surface area contributed by atoms with Crippen LogP contribution in [-0.2, 0) is 19.4 Å². The first-order chi connectivity index (χ1) is 10.6. The zero-order valence-electron chi connectivity index (χ0n) is 13.4. The van der Waals surface area contributed by atoms with E-state index in [4.69, 9.17) is 5.41 Å². The number of carbonyl (C=O) groups is 1. The number of nitrogens with one attached hydrogen (secondary N) is 1. The quantitative estimate of drug-likeness (QED) is 0.767. The van der Waals surface area contributed by atoms with Crippen molar-refractivity contribution in [1.82, 2.24) is 4.57 Å². The van der Waals surface area contributed by atoms with Gasteiger partial charge in [-0.3, -0.25) is 10.2 Å². The van der Waals surface area contributed by atoms with Gasteiger partial charge in [0.2, 0.25) is 0 Å². The number of hydrogen-bond donors (Lipinski definition) is 1. The van der Waals surface area contributed by atoms with E-state index in [-0.39, 0.29) is 22.8 Å². The molecule has 1 N–H and O–H groups in total. The largest absolute Gasteiger partial charge is 0.313 e. The summed E-state index contributed by atoms with van der Waals surface area (Å²) in [6, 6.07) is 7.71. The molecule has 0 saturated carbocycles. The van der Waals surface area contributed by atoms with Crippen LogP contribution in [0.3, 0.4) is 0 Å². The Morgan fingerprint density at radius 2 is 1.78 bits per heavy atom. The Balaban J connectivity index is 0.00000192. The zero-order valence-corrected chi connectivity index (χ0v) is 16.0. The highest BCUT2D eigenvalue weighted by atomic mass is 79.9. The lowest BCUT2D eigenvalue weighted by Crippen LogP contribution is -2.22. The number of benzene rings is 1. The minimum absolute atomic E-state index is 0. The Labute approximate surface area is 151 Å². The van der Waals surface area contributed by atoms with E-state index in [0.29, 0.717) is 11.3 Å². The minimum atomic E-state index is 0. The molecule has 1 aliphatic carbocycles. The number of aryl methyl sites for hydroxylation is 2. The summed E-state index contributed by atoms with van der Waals surface area (Å²) in [6.07, 6.45) is 6.99. The number of Topliss-reactive ketones (excluding diaryl/α,β-unsaturated/α-hetero) is 1. The third-order valence-corrected chi connectivity index (χ3v) is 5.46. The highest BCUT2D eigenvalue weighted by Crippen LogP contribution is 2.22. The van der Waals surface area contributed by atoms with E-state index in [2.05, 4.69) is 0 Å². The number of fused-ring (bicyclic) bond motifs is 1. The number of rotatable bonds is 3. The van der Waals surface area contributed by atoms with Gasteiger partial charge in [-0.25, -0.2) is 0 Å². The number of hydrogen-bond acceptors (Lipinski definition) is 3. The van der Waals surface area contributed by atoms with Gasteiger partial charge in [-0.1, -0.05) is 42.7 Å². The normalized spacial score (nSPS) is 14.3. The molecule has 0 saturated heterocycles. The third kappa shape index (κ3) is 4.21. The maximum Gasteiger partial charge on any atom is 0.182 e. The second-order valence-electron chi connectivity index (χ2n) is 6.07. The van der Waals surface area contributed by atoms with Crippen LogP contribution in [0.4, 0.5) is 0 Å². The first-order valence-corrected chi connectivity index (χ1v) is 8.82. The fourth-order valence-electron chi connectivity index (χ4n) is 3.05. The fourth-order valence-corrected chi connectivity index (χ4v) is 4.14. The Hall–Kier alpha value is -1.20. The molecular formula is C18H23BrN2OS. The SMILES string of the molecule is Br.Cc1ccc(C(=O)Cn2c3c(sc2=N)CCCCCC3)cc1. The average Bonchev–Trinajstić information content (AvgIpc) is 2.75. The van der Waals surface area contributed by atoms with Gasteiger partial charge in [0.1, 0.15) is 0 Å². The van der Waals surface area contributed by atoms with Crippen molar-refractivity contribution in [3.8, 4) is 0 Å². The van der Waals surface area contributed by atoms with E-state index < -0.39 is 0 Å². The smallest absolute Gasteiger partial charge is 0.182 e. The van der Waals surface area contributed by atoms with Crippen molar-refractivity contribution >= 4 is 34.1 Å². The van der Waals surface area contributed by atoms with Crippen molar-refractivity contribution in [3.05, 3.63) is 50.8 Å². The molecule has 124 valence electrons. The second kappa shape index (κ2) is 8.06. The molecule has 1 aromatic heterocycles. The molecule has 0 atom stereocenters. The summed E-state index contributed by atoms with van der Waals surface area (Å²) < 4.78 is 1.94. The molecule has 0 aliphatic heterocycles. The van der Waals surface area contributed by atoms with Crippen LogP contribution >= 0.6 is 28.3 Å². The fraction of sp³-hybridized carbons (Fsp3) is 0.444. The molecule has 1 aliphatic rings. The average molecular weight is 395 g/mol. The number of nitrogens with zero attached hydrogens (tertiary/aromatic N) is 1. The molecule has 2 aromatic rings. The van der Waals surface area contributed by atoms with Crippen molar-refractivity contribution in [3.63, 3.8) is 0 Å². The standard InChI is InChI=1S/C18H22N2OS.BrH/c1-13-8-10-14(11-9-13)16(21)12-20-15-6-4-2-3-5-7-17(15)22-18(20)19;/h8-11,19H,2-7,12H2,1H3;1H.